The topological polar surface area (TPSA) is 78.7 Å². The number of likely N-dealkylation sites (tertiary alicyclic amines) is 1. The lowest BCUT2D eigenvalue weighted by atomic mass is 9.93. The third-order valence-corrected chi connectivity index (χ3v) is 6.81. The van der Waals surface area contributed by atoms with Crippen LogP contribution in [-0.2, 0) is 17.8 Å². The van der Waals surface area contributed by atoms with Crippen LogP contribution >= 0.6 is 0 Å². The van der Waals surface area contributed by atoms with Crippen LogP contribution < -0.4 is 5.56 Å². The first-order chi connectivity index (χ1) is 15.5. The summed E-state index contributed by atoms with van der Waals surface area (Å²) >= 11 is 0. The summed E-state index contributed by atoms with van der Waals surface area (Å²) in [5.74, 6) is 1.24. The van der Waals surface area contributed by atoms with Crippen LogP contribution in [0, 0.1) is 0 Å². The fourth-order valence-corrected chi connectivity index (χ4v) is 4.78. The molecule has 0 aliphatic carbocycles. The van der Waals surface area contributed by atoms with E-state index in [2.05, 4.69) is 4.90 Å². The smallest absolute Gasteiger partial charge is 0.253 e. The molecule has 1 aromatic heterocycles. The number of carbonyl (C=O) groups excluding carboxylic acids is 1. The highest BCUT2D eigenvalue weighted by Crippen LogP contribution is 2.27. The van der Waals surface area contributed by atoms with Gasteiger partial charge >= 0.3 is 0 Å². The van der Waals surface area contributed by atoms with Crippen LogP contribution in [0.25, 0.3) is 0 Å². The first-order valence-corrected chi connectivity index (χ1v) is 11.8. The molecule has 0 spiro atoms. The molecule has 0 radical (unpaired) electrons. The summed E-state index contributed by atoms with van der Waals surface area (Å²) < 4.78 is 1.85. The van der Waals surface area contributed by atoms with Gasteiger partial charge in [-0.05, 0) is 44.3 Å². The van der Waals surface area contributed by atoms with E-state index < -0.39 is 6.10 Å². The van der Waals surface area contributed by atoms with Gasteiger partial charge in [0, 0.05) is 32.0 Å². The Hall–Kier alpha value is -2.51. The zero-order valence-corrected chi connectivity index (χ0v) is 18.9. The van der Waals surface area contributed by atoms with E-state index >= 15 is 0 Å². The number of aliphatic hydroxyl groups is 1. The maximum atomic E-state index is 12.7. The summed E-state index contributed by atoms with van der Waals surface area (Å²) in [5, 5.41) is 10.4. The van der Waals surface area contributed by atoms with Gasteiger partial charge in [0.2, 0.25) is 5.91 Å². The minimum Gasteiger partial charge on any atom is -0.387 e. The number of aliphatic hydroxyl groups excluding tert-OH is 1. The second-order valence-electron chi connectivity index (χ2n) is 9.15. The molecule has 7 heteroatoms. The van der Waals surface area contributed by atoms with Gasteiger partial charge in [-0.25, -0.2) is 4.98 Å². The van der Waals surface area contributed by atoms with Gasteiger partial charge in [0.15, 0.2) is 0 Å². The maximum Gasteiger partial charge on any atom is 0.253 e. The number of aryl methyl sites for hydroxylation is 1. The van der Waals surface area contributed by atoms with E-state index in [4.69, 9.17) is 4.98 Å². The van der Waals surface area contributed by atoms with Gasteiger partial charge in [-0.2, -0.15) is 0 Å². The summed E-state index contributed by atoms with van der Waals surface area (Å²) in [6, 6.07) is 11.2. The number of hydrogen-bond donors (Lipinski definition) is 1. The minimum absolute atomic E-state index is 0.0137. The predicted octanol–water partition coefficient (Wildman–Crippen LogP) is 2.34. The molecule has 1 atom stereocenters. The van der Waals surface area contributed by atoms with Crippen molar-refractivity contribution in [1.29, 1.82) is 0 Å². The van der Waals surface area contributed by atoms with Crippen molar-refractivity contribution in [2.75, 3.05) is 33.2 Å². The fourth-order valence-electron chi connectivity index (χ4n) is 4.78. The zero-order chi connectivity index (χ0) is 22.5. The molecule has 2 aliphatic heterocycles. The first-order valence-electron chi connectivity index (χ1n) is 11.8. The van der Waals surface area contributed by atoms with Gasteiger partial charge in [0.1, 0.15) is 5.82 Å². The number of piperidine rings is 1. The fraction of sp³-hybridized carbons (Fsp3) is 0.560. The Morgan fingerprint density at radius 2 is 1.91 bits per heavy atom. The zero-order valence-electron chi connectivity index (χ0n) is 18.9. The number of fused-ring (bicyclic) bond motifs is 1. The largest absolute Gasteiger partial charge is 0.387 e. The van der Waals surface area contributed by atoms with Crippen molar-refractivity contribution in [3.8, 4) is 0 Å². The maximum absolute atomic E-state index is 12.7. The molecule has 7 nitrogen and oxygen atoms in total. The van der Waals surface area contributed by atoms with E-state index in [1.165, 1.54) is 0 Å². The molecule has 172 valence electrons. The van der Waals surface area contributed by atoms with Gasteiger partial charge in [-0.3, -0.25) is 19.1 Å². The lowest BCUT2D eigenvalue weighted by molar-refractivity contribution is -0.132. The predicted molar refractivity (Wildman–Crippen MR) is 124 cm³/mol. The van der Waals surface area contributed by atoms with Crippen LogP contribution in [0.2, 0.25) is 0 Å². The van der Waals surface area contributed by atoms with Gasteiger partial charge < -0.3 is 10.0 Å². The van der Waals surface area contributed by atoms with Gasteiger partial charge in [0.05, 0.1) is 24.9 Å². The Balaban J connectivity index is 1.29. The van der Waals surface area contributed by atoms with E-state index in [1.54, 1.807) is 18.0 Å². The molecule has 0 bridgehead atoms. The molecule has 0 saturated carbocycles. The number of hydrogen-bond acceptors (Lipinski definition) is 5. The lowest BCUT2D eigenvalue weighted by Gasteiger charge is -2.32. The minimum atomic E-state index is -0.686. The number of carbonyl (C=O) groups is 1. The SMILES string of the molecule is CN(C[C@@H](O)c1ccccc1)C(=O)CN1CCC(c2cc(=O)n3c(n2)CCCCC3)CC1. The standard InChI is InChI=1S/C25H34N4O3/c1-27(17-22(30)20-8-4-2-5-9-20)25(32)18-28-14-11-19(12-15-28)21-16-24(31)29-13-7-3-6-10-23(29)26-21/h2,4-5,8-9,16,19,22,30H,3,6-7,10-15,17-18H2,1H3/t22-/m1/s1. The van der Waals surface area contributed by atoms with Crippen molar-refractivity contribution in [2.45, 2.75) is 57.1 Å². The summed E-state index contributed by atoms with van der Waals surface area (Å²) in [5.41, 5.74) is 1.83. The van der Waals surface area contributed by atoms with Gasteiger partial charge in [0.25, 0.3) is 5.56 Å². The molecule has 2 aliphatic rings. The first kappa shape index (κ1) is 22.7. The van der Waals surface area contributed by atoms with Gasteiger partial charge in [-0.15, -0.1) is 0 Å². The van der Waals surface area contributed by atoms with Crippen molar-refractivity contribution in [2.24, 2.45) is 0 Å². The second-order valence-corrected chi connectivity index (χ2v) is 9.15. The molecular weight excluding hydrogens is 404 g/mol. The summed E-state index contributed by atoms with van der Waals surface area (Å²) in [7, 11) is 1.74. The van der Waals surface area contributed by atoms with Crippen LogP contribution in [0.3, 0.4) is 0 Å². The van der Waals surface area contributed by atoms with Crippen LogP contribution in [0.4, 0.5) is 0 Å². The Morgan fingerprint density at radius 1 is 1.16 bits per heavy atom. The number of aromatic nitrogens is 2. The van der Waals surface area contributed by atoms with E-state index in [0.29, 0.717) is 6.54 Å². The van der Waals surface area contributed by atoms with Crippen molar-refractivity contribution in [3.63, 3.8) is 0 Å². The average Bonchev–Trinajstić information content (AvgIpc) is 3.06. The molecule has 32 heavy (non-hydrogen) atoms. The highest BCUT2D eigenvalue weighted by molar-refractivity contribution is 5.78. The average molecular weight is 439 g/mol. The Bertz CT molecular complexity index is 967. The van der Waals surface area contributed by atoms with E-state index in [1.807, 2.05) is 34.9 Å². The number of likely N-dealkylation sites (N-methyl/N-ethyl adjacent to an activating group) is 1. The number of benzene rings is 1. The molecule has 1 saturated heterocycles. The molecular formula is C25H34N4O3. The summed E-state index contributed by atoms with van der Waals surface area (Å²) in [6.07, 6.45) is 5.31. The van der Waals surface area contributed by atoms with E-state index in [-0.39, 0.29) is 23.9 Å². The molecule has 1 fully saturated rings. The molecule has 2 aromatic rings. The lowest BCUT2D eigenvalue weighted by Crippen LogP contribution is -2.43. The van der Waals surface area contributed by atoms with Crippen LogP contribution in [0.1, 0.15) is 61.2 Å². The van der Waals surface area contributed by atoms with Crippen LogP contribution in [0.15, 0.2) is 41.2 Å². The number of rotatable bonds is 6. The Morgan fingerprint density at radius 3 is 2.66 bits per heavy atom. The highest BCUT2D eigenvalue weighted by Gasteiger charge is 2.26. The quantitative estimate of drug-likeness (QED) is 0.749. The van der Waals surface area contributed by atoms with Crippen LogP contribution in [0.5, 0.6) is 0 Å². The number of amides is 1. The summed E-state index contributed by atoms with van der Waals surface area (Å²) in [6.45, 7) is 3.04. The van der Waals surface area contributed by atoms with Crippen molar-refractivity contribution < 1.29 is 9.90 Å². The van der Waals surface area contributed by atoms with Crippen molar-refractivity contribution in [3.05, 3.63) is 63.8 Å². The Labute approximate surface area is 189 Å². The molecule has 4 rings (SSSR count). The van der Waals surface area contributed by atoms with Crippen molar-refractivity contribution >= 4 is 5.91 Å². The molecule has 0 unspecified atom stereocenters. The van der Waals surface area contributed by atoms with Crippen molar-refractivity contribution in [1.82, 2.24) is 19.4 Å². The van der Waals surface area contributed by atoms with Crippen LogP contribution in [-0.4, -0.2) is 63.6 Å². The molecule has 1 N–H and O–H groups in total. The van der Waals surface area contributed by atoms with E-state index in [0.717, 1.165) is 75.2 Å². The highest BCUT2D eigenvalue weighted by atomic mass is 16.3. The second kappa shape index (κ2) is 10.4. The monoisotopic (exact) mass is 438 g/mol. The number of nitrogens with zero attached hydrogens (tertiary/aromatic N) is 4. The van der Waals surface area contributed by atoms with Gasteiger partial charge in [-0.1, -0.05) is 36.8 Å². The van der Waals surface area contributed by atoms with E-state index in [9.17, 15) is 14.7 Å². The third-order valence-electron chi connectivity index (χ3n) is 6.81. The third kappa shape index (κ3) is 5.45. The normalized spacial score (nSPS) is 18.6. The molecule has 1 aromatic carbocycles. The summed E-state index contributed by atoms with van der Waals surface area (Å²) in [4.78, 5) is 33.9. The molecule has 3 heterocycles. The molecule has 1 amide bonds. The Kier molecular flexibility index (Phi) is 7.37.